The van der Waals surface area contributed by atoms with Crippen molar-refractivity contribution in [3.05, 3.63) is 35.9 Å². The van der Waals surface area contributed by atoms with Gasteiger partial charge < -0.3 is 18.6 Å². The summed E-state index contributed by atoms with van der Waals surface area (Å²) in [4.78, 5) is 0. The van der Waals surface area contributed by atoms with E-state index in [1.54, 1.807) is 0 Å². The van der Waals surface area contributed by atoms with Crippen molar-refractivity contribution < 1.29 is 18.6 Å². The molecule has 0 unspecified atom stereocenters. The fourth-order valence-corrected chi connectivity index (χ4v) is 3.67. The molecule has 6 heteroatoms. The molecule has 3 rings (SSSR count). The molecule has 0 saturated carbocycles. The predicted molar refractivity (Wildman–Crippen MR) is 111 cm³/mol. The average Bonchev–Trinajstić information content (AvgIpc) is 2.87. The zero-order chi connectivity index (χ0) is 20.3. The second-order valence-corrected chi connectivity index (χ2v) is 10.3. The van der Waals surface area contributed by atoms with E-state index in [1.807, 2.05) is 6.07 Å². The third kappa shape index (κ3) is 3.50. The Labute approximate surface area is 165 Å². The van der Waals surface area contributed by atoms with E-state index in [4.69, 9.17) is 18.6 Å². The molecule has 27 heavy (non-hydrogen) atoms. The van der Waals surface area contributed by atoms with Gasteiger partial charge >= 0.3 is 14.2 Å². The molecule has 1 atom stereocenters. The van der Waals surface area contributed by atoms with Crippen LogP contribution in [-0.2, 0) is 23.9 Å². The van der Waals surface area contributed by atoms with Crippen LogP contribution in [0.1, 0.15) is 67.9 Å². The Bertz CT molecular complexity index is 655. The van der Waals surface area contributed by atoms with Crippen molar-refractivity contribution in [3.63, 3.8) is 0 Å². The first-order valence-corrected chi connectivity index (χ1v) is 9.97. The molecule has 0 bridgehead atoms. The summed E-state index contributed by atoms with van der Waals surface area (Å²) in [6.45, 7) is 18.9. The predicted octanol–water partition coefficient (Wildman–Crippen LogP) is 4.67. The van der Waals surface area contributed by atoms with Crippen LogP contribution in [0.4, 0.5) is 0 Å². The van der Waals surface area contributed by atoms with E-state index in [0.717, 1.165) is 0 Å². The standard InChI is InChI=1S/C21H34B2O4/c1-17(2)18(3,4)25-22(24-17)15-21(9,16-13-11-10-12-14-16)23-26-19(5,6)20(7,8)27-23/h10-14H,15H2,1-9H3/t21-/m1/s1. The van der Waals surface area contributed by atoms with Gasteiger partial charge in [-0.1, -0.05) is 37.3 Å². The molecule has 2 fully saturated rings. The van der Waals surface area contributed by atoms with Gasteiger partial charge in [-0.3, -0.25) is 0 Å². The zero-order valence-electron chi connectivity index (χ0n) is 18.4. The molecule has 1 aromatic carbocycles. The maximum absolute atomic E-state index is 6.46. The maximum Gasteiger partial charge on any atom is 0.468 e. The molecule has 2 aliphatic rings. The molecule has 2 heterocycles. The first-order chi connectivity index (χ1) is 12.2. The number of hydrogen-bond acceptors (Lipinski definition) is 4. The number of benzene rings is 1. The molecular formula is C21H34B2O4. The van der Waals surface area contributed by atoms with E-state index in [-0.39, 0.29) is 36.6 Å². The summed E-state index contributed by atoms with van der Waals surface area (Å²) in [7, 11) is -0.705. The first kappa shape index (κ1) is 20.9. The fourth-order valence-electron chi connectivity index (χ4n) is 3.67. The van der Waals surface area contributed by atoms with Crippen LogP contribution in [0.5, 0.6) is 0 Å². The Morgan fingerprint density at radius 2 is 1.11 bits per heavy atom. The minimum Gasteiger partial charge on any atom is -0.403 e. The minimum atomic E-state index is -0.409. The molecule has 4 nitrogen and oxygen atoms in total. The van der Waals surface area contributed by atoms with Crippen molar-refractivity contribution in [1.82, 2.24) is 0 Å². The maximum atomic E-state index is 6.46. The number of hydrogen-bond donors (Lipinski definition) is 0. The Hall–Kier alpha value is -0.810. The van der Waals surface area contributed by atoms with Crippen molar-refractivity contribution in [2.75, 3.05) is 0 Å². The highest BCUT2D eigenvalue weighted by Gasteiger charge is 2.61. The highest BCUT2D eigenvalue weighted by atomic mass is 16.7. The van der Waals surface area contributed by atoms with Crippen LogP contribution in [0.2, 0.25) is 6.32 Å². The van der Waals surface area contributed by atoms with Crippen LogP contribution in [-0.4, -0.2) is 36.6 Å². The van der Waals surface area contributed by atoms with Crippen molar-refractivity contribution in [1.29, 1.82) is 0 Å². The van der Waals surface area contributed by atoms with Crippen LogP contribution >= 0.6 is 0 Å². The van der Waals surface area contributed by atoms with E-state index in [9.17, 15) is 0 Å². The van der Waals surface area contributed by atoms with Gasteiger partial charge in [-0.25, -0.2) is 0 Å². The lowest BCUT2D eigenvalue weighted by atomic mass is 9.47. The van der Waals surface area contributed by atoms with Gasteiger partial charge in [-0.15, -0.1) is 0 Å². The largest absolute Gasteiger partial charge is 0.468 e. The summed E-state index contributed by atoms with van der Waals surface area (Å²) in [6.07, 6.45) is 0.653. The molecule has 2 aliphatic heterocycles. The van der Waals surface area contributed by atoms with Crippen molar-refractivity contribution in [2.24, 2.45) is 0 Å². The van der Waals surface area contributed by atoms with E-state index < -0.39 is 5.31 Å². The van der Waals surface area contributed by atoms with E-state index >= 15 is 0 Å². The van der Waals surface area contributed by atoms with E-state index in [1.165, 1.54) is 5.56 Å². The van der Waals surface area contributed by atoms with Gasteiger partial charge in [-0.2, -0.15) is 0 Å². The Morgan fingerprint density at radius 3 is 1.56 bits per heavy atom. The molecule has 0 aliphatic carbocycles. The molecule has 0 amide bonds. The molecule has 148 valence electrons. The van der Waals surface area contributed by atoms with E-state index in [0.29, 0.717) is 6.32 Å². The highest BCUT2D eigenvalue weighted by Crippen LogP contribution is 2.47. The Kier molecular flexibility index (Phi) is 4.92. The first-order valence-electron chi connectivity index (χ1n) is 9.97. The third-order valence-corrected chi connectivity index (χ3v) is 7.10. The van der Waals surface area contributed by atoms with Crippen LogP contribution in [0.3, 0.4) is 0 Å². The number of rotatable bonds is 4. The lowest BCUT2D eigenvalue weighted by molar-refractivity contribution is 0.00578. The quantitative estimate of drug-likeness (QED) is 0.720. The van der Waals surface area contributed by atoms with Crippen LogP contribution < -0.4 is 0 Å². The molecule has 0 radical (unpaired) electrons. The molecule has 0 spiro atoms. The molecule has 2 saturated heterocycles. The summed E-state index contributed by atoms with van der Waals surface area (Å²) in [5.41, 5.74) is -0.317. The minimum absolute atomic E-state index is 0.320. The fraction of sp³-hybridized carbons (Fsp3) is 0.714. The van der Waals surface area contributed by atoms with Gasteiger partial charge in [0.05, 0.1) is 22.4 Å². The lowest BCUT2D eigenvalue weighted by Crippen LogP contribution is -2.46. The summed E-state index contributed by atoms with van der Waals surface area (Å²) in [6, 6.07) is 10.4. The topological polar surface area (TPSA) is 36.9 Å². The smallest absolute Gasteiger partial charge is 0.403 e. The monoisotopic (exact) mass is 372 g/mol. The summed E-state index contributed by atoms with van der Waals surface area (Å²) >= 11 is 0. The van der Waals surface area contributed by atoms with Gasteiger partial charge in [0.15, 0.2) is 0 Å². The lowest BCUT2D eigenvalue weighted by Gasteiger charge is -2.33. The zero-order valence-corrected chi connectivity index (χ0v) is 18.4. The van der Waals surface area contributed by atoms with Crippen LogP contribution in [0.15, 0.2) is 30.3 Å². The summed E-state index contributed by atoms with van der Waals surface area (Å²) < 4.78 is 25.6. The second kappa shape index (κ2) is 6.35. The van der Waals surface area contributed by atoms with Gasteiger partial charge in [0.25, 0.3) is 0 Å². The third-order valence-electron chi connectivity index (χ3n) is 7.10. The summed E-state index contributed by atoms with van der Waals surface area (Å²) in [5.74, 6) is 0. The van der Waals surface area contributed by atoms with E-state index in [2.05, 4.69) is 86.6 Å². The van der Waals surface area contributed by atoms with Crippen LogP contribution in [0, 0.1) is 0 Å². The highest BCUT2D eigenvalue weighted by molar-refractivity contribution is 6.55. The average molecular weight is 372 g/mol. The Morgan fingerprint density at radius 1 is 0.704 bits per heavy atom. The normalized spacial score (nSPS) is 27.6. The van der Waals surface area contributed by atoms with Gasteiger partial charge in [0.2, 0.25) is 0 Å². The van der Waals surface area contributed by atoms with Gasteiger partial charge in [0, 0.05) is 5.31 Å². The Balaban J connectivity index is 1.94. The van der Waals surface area contributed by atoms with Crippen molar-refractivity contribution >= 4 is 14.2 Å². The van der Waals surface area contributed by atoms with Crippen molar-refractivity contribution in [2.45, 2.75) is 96.4 Å². The SMILES string of the molecule is CC1(C)OB(C[C@@](C)(B2OC(C)(C)C(C)(C)O2)c2ccccc2)OC1(C)C. The van der Waals surface area contributed by atoms with Gasteiger partial charge in [-0.05, 0) is 67.3 Å². The van der Waals surface area contributed by atoms with Crippen LogP contribution in [0.25, 0.3) is 0 Å². The van der Waals surface area contributed by atoms with Crippen molar-refractivity contribution in [3.8, 4) is 0 Å². The molecule has 0 N–H and O–H groups in total. The van der Waals surface area contributed by atoms with Gasteiger partial charge in [0.1, 0.15) is 0 Å². The molecule has 1 aromatic rings. The summed E-state index contributed by atoms with van der Waals surface area (Å²) in [5, 5.41) is -0.409. The second-order valence-electron chi connectivity index (χ2n) is 10.3. The molecular weight excluding hydrogens is 338 g/mol. The molecule has 0 aromatic heterocycles.